The normalized spacial score (nSPS) is 10.6. The number of nitrogens with one attached hydrogen (secondary N) is 2. The monoisotopic (exact) mass is 403 g/mol. The fraction of sp³-hybridized carbons (Fsp3) is 0.400. The van der Waals surface area contributed by atoms with Crippen LogP contribution in [0.3, 0.4) is 0 Å². The van der Waals surface area contributed by atoms with E-state index in [2.05, 4.69) is 15.6 Å². The van der Waals surface area contributed by atoms with Crippen LogP contribution >= 0.6 is 11.3 Å². The second kappa shape index (κ2) is 10.6. The van der Waals surface area contributed by atoms with Crippen molar-refractivity contribution >= 4 is 39.9 Å². The van der Waals surface area contributed by atoms with E-state index in [1.165, 1.54) is 11.3 Å². The lowest BCUT2D eigenvalue weighted by molar-refractivity contribution is -0.142. The molecular weight excluding hydrogens is 378 g/mol. The predicted octanol–water partition coefficient (Wildman–Crippen LogP) is 3.88. The van der Waals surface area contributed by atoms with Crippen molar-refractivity contribution in [1.29, 1.82) is 0 Å². The van der Waals surface area contributed by atoms with E-state index in [4.69, 9.17) is 4.74 Å². The van der Waals surface area contributed by atoms with E-state index in [1.807, 2.05) is 13.8 Å². The number of benzene rings is 1. The highest BCUT2D eigenvalue weighted by Gasteiger charge is 2.15. The van der Waals surface area contributed by atoms with E-state index in [0.717, 1.165) is 12.8 Å². The third-order valence-electron chi connectivity index (χ3n) is 4.17. The minimum absolute atomic E-state index is 0.0147. The first-order valence-corrected chi connectivity index (χ1v) is 10.2. The molecule has 0 fully saturated rings. The summed E-state index contributed by atoms with van der Waals surface area (Å²) in [7, 11) is 0. The standard InChI is InChI=1S/C20H25N3O4S/c1-4-13(5-2)18(25)21-15-9-7-14(8-10-15)19(26)23-20-22-16(12-28-20)11-17(24)27-6-3/h7-10,12-13H,4-6,11H2,1-3H3,(H,21,25)(H,22,23,26). The molecule has 28 heavy (non-hydrogen) atoms. The van der Waals surface area contributed by atoms with Crippen molar-refractivity contribution in [2.45, 2.75) is 40.0 Å². The van der Waals surface area contributed by atoms with Crippen LogP contribution in [0.15, 0.2) is 29.6 Å². The molecule has 2 amide bonds. The number of carbonyl (C=O) groups is 3. The van der Waals surface area contributed by atoms with Gasteiger partial charge in [0.25, 0.3) is 5.91 Å². The number of ether oxygens (including phenoxy) is 1. The second-order valence-electron chi connectivity index (χ2n) is 6.16. The quantitative estimate of drug-likeness (QED) is 0.619. The first kappa shape index (κ1) is 21.6. The van der Waals surface area contributed by atoms with Gasteiger partial charge in [-0.15, -0.1) is 11.3 Å². The van der Waals surface area contributed by atoms with E-state index in [9.17, 15) is 14.4 Å². The first-order valence-electron chi connectivity index (χ1n) is 9.29. The van der Waals surface area contributed by atoms with Crippen LogP contribution < -0.4 is 10.6 Å². The Morgan fingerprint density at radius 1 is 1.07 bits per heavy atom. The van der Waals surface area contributed by atoms with Gasteiger partial charge in [0, 0.05) is 22.5 Å². The number of anilines is 2. The number of esters is 1. The van der Waals surface area contributed by atoms with Crippen molar-refractivity contribution < 1.29 is 19.1 Å². The van der Waals surface area contributed by atoms with Gasteiger partial charge in [-0.1, -0.05) is 13.8 Å². The van der Waals surface area contributed by atoms with Gasteiger partial charge in [0.1, 0.15) is 0 Å². The summed E-state index contributed by atoms with van der Waals surface area (Å²) in [4.78, 5) is 40.2. The molecule has 0 saturated carbocycles. The number of hydrogen-bond acceptors (Lipinski definition) is 6. The summed E-state index contributed by atoms with van der Waals surface area (Å²) in [5.41, 5.74) is 1.65. The highest BCUT2D eigenvalue weighted by atomic mass is 32.1. The fourth-order valence-electron chi connectivity index (χ4n) is 2.58. The van der Waals surface area contributed by atoms with Crippen molar-refractivity contribution in [3.63, 3.8) is 0 Å². The van der Waals surface area contributed by atoms with Crippen LogP contribution in [0.4, 0.5) is 10.8 Å². The van der Waals surface area contributed by atoms with Crippen LogP contribution in [0.1, 0.15) is 49.7 Å². The Labute approximate surface area is 168 Å². The highest BCUT2D eigenvalue weighted by Crippen LogP contribution is 2.18. The molecule has 2 aromatic rings. The number of rotatable bonds is 9. The van der Waals surface area contributed by atoms with Crippen molar-refractivity contribution in [3.05, 3.63) is 40.9 Å². The van der Waals surface area contributed by atoms with Gasteiger partial charge < -0.3 is 10.1 Å². The third kappa shape index (κ3) is 6.16. The minimum Gasteiger partial charge on any atom is -0.466 e. The summed E-state index contributed by atoms with van der Waals surface area (Å²) in [6.45, 7) is 6.03. The molecule has 0 aliphatic rings. The molecule has 150 valence electrons. The molecule has 0 atom stereocenters. The first-order chi connectivity index (χ1) is 13.5. The van der Waals surface area contributed by atoms with Gasteiger partial charge >= 0.3 is 5.97 Å². The van der Waals surface area contributed by atoms with Crippen LogP contribution in [0.5, 0.6) is 0 Å². The summed E-state index contributed by atoms with van der Waals surface area (Å²) in [6, 6.07) is 6.68. The average molecular weight is 404 g/mol. The zero-order valence-corrected chi connectivity index (χ0v) is 17.1. The van der Waals surface area contributed by atoms with E-state index in [0.29, 0.717) is 28.7 Å². The lowest BCUT2D eigenvalue weighted by atomic mass is 10.0. The van der Waals surface area contributed by atoms with E-state index >= 15 is 0 Å². The Morgan fingerprint density at radius 3 is 2.36 bits per heavy atom. The number of hydrogen-bond donors (Lipinski definition) is 2. The van der Waals surface area contributed by atoms with Crippen LogP contribution in [-0.4, -0.2) is 29.4 Å². The molecule has 0 saturated heterocycles. The molecular formula is C20H25N3O4S. The van der Waals surface area contributed by atoms with Gasteiger partial charge in [0.2, 0.25) is 5.91 Å². The Balaban J connectivity index is 1.93. The van der Waals surface area contributed by atoms with E-state index in [-0.39, 0.29) is 30.1 Å². The van der Waals surface area contributed by atoms with Crippen LogP contribution in [-0.2, 0) is 20.7 Å². The predicted molar refractivity (Wildman–Crippen MR) is 110 cm³/mol. The number of amides is 2. The molecule has 1 aromatic heterocycles. The molecule has 1 heterocycles. The van der Waals surface area contributed by atoms with Gasteiger partial charge in [-0.25, -0.2) is 4.98 Å². The Morgan fingerprint density at radius 2 is 1.75 bits per heavy atom. The average Bonchev–Trinajstić information content (AvgIpc) is 3.10. The van der Waals surface area contributed by atoms with Crippen LogP contribution in [0, 0.1) is 5.92 Å². The van der Waals surface area contributed by atoms with Crippen LogP contribution in [0.25, 0.3) is 0 Å². The van der Waals surface area contributed by atoms with Crippen molar-refractivity contribution in [3.8, 4) is 0 Å². The van der Waals surface area contributed by atoms with Gasteiger partial charge in [0.05, 0.1) is 18.7 Å². The number of thiazole rings is 1. The summed E-state index contributed by atoms with van der Waals surface area (Å²) in [5, 5.41) is 7.70. The Kier molecular flexibility index (Phi) is 8.13. The minimum atomic E-state index is -0.350. The Hall–Kier alpha value is -2.74. The lowest BCUT2D eigenvalue weighted by Gasteiger charge is -2.13. The molecule has 2 rings (SSSR count). The molecule has 0 bridgehead atoms. The zero-order chi connectivity index (χ0) is 20.5. The third-order valence-corrected chi connectivity index (χ3v) is 4.98. The SMILES string of the molecule is CCOC(=O)Cc1csc(NC(=O)c2ccc(NC(=O)C(CC)CC)cc2)n1. The molecule has 0 radical (unpaired) electrons. The molecule has 0 aliphatic heterocycles. The van der Waals surface area contributed by atoms with Crippen LogP contribution in [0.2, 0.25) is 0 Å². The number of nitrogens with zero attached hydrogens (tertiary/aromatic N) is 1. The zero-order valence-electron chi connectivity index (χ0n) is 16.3. The van der Waals surface area contributed by atoms with Crippen molar-refractivity contribution in [2.75, 3.05) is 17.2 Å². The van der Waals surface area contributed by atoms with Gasteiger partial charge in [-0.2, -0.15) is 0 Å². The Bertz CT molecular complexity index is 813. The highest BCUT2D eigenvalue weighted by molar-refractivity contribution is 7.14. The van der Waals surface area contributed by atoms with Gasteiger partial charge in [0.15, 0.2) is 5.13 Å². The maximum atomic E-state index is 12.4. The van der Waals surface area contributed by atoms with Crippen molar-refractivity contribution in [1.82, 2.24) is 4.98 Å². The maximum Gasteiger partial charge on any atom is 0.311 e. The fourth-order valence-corrected chi connectivity index (χ4v) is 3.29. The molecule has 0 unspecified atom stereocenters. The maximum absolute atomic E-state index is 12.4. The summed E-state index contributed by atoms with van der Waals surface area (Å²) < 4.78 is 4.88. The topological polar surface area (TPSA) is 97.4 Å². The smallest absolute Gasteiger partial charge is 0.311 e. The lowest BCUT2D eigenvalue weighted by Crippen LogP contribution is -2.21. The number of aromatic nitrogens is 1. The summed E-state index contributed by atoms with van der Waals surface area (Å²) >= 11 is 1.24. The largest absolute Gasteiger partial charge is 0.466 e. The van der Waals surface area contributed by atoms with Crippen molar-refractivity contribution in [2.24, 2.45) is 5.92 Å². The molecule has 2 N–H and O–H groups in total. The molecule has 1 aromatic carbocycles. The van der Waals surface area contributed by atoms with Gasteiger partial charge in [-0.05, 0) is 44.0 Å². The summed E-state index contributed by atoms with van der Waals surface area (Å²) in [6.07, 6.45) is 1.65. The molecule has 0 aliphatic carbocycles. The number of carbonyl (C=O) groups excluding carboxylic acids is 3. The summed E-state index contributed by atoms with van der Waals surface area (Å²) in [5.74, 6) is -0.692. The molecule has 0 spiro atoms. The second-order valence-corrected chi connectivity index (χ2v) is 7.02. The van der Waals surface area contributed by atoms with Gasteiger partial charge in [-0.3, -0.25) is 19.7 Å². The van der Waals surface area contributed by atoms with E-state index in [1.54, 1.807) is 36.6 Å². The molecule has 8 heteroatoms. The van der Waals surface area contributed by atoms with E-state index < -0.39 is 0 Å². The molecule has 7 nitrogen and oxygen atoms in total.